The lowest BCUT2D eigenvalue weighted by atomic mass is 10.0. The number of benzene rings is 2. The average Bonchev–Trinajstić information content (AvgIpc) is 3.22. The van der Waals surface area contributed by atoms with E-state index in [-0.39, 0.29) is 10.6 Å². The lowest BCUT2D eigenvalue weighted by Gasteiger charge is -2.18. The van der Waals surface area contributed by atoms with Gasteiger partial charge in [0.2, 0.25) is 0 Å². The molecule has 6 heteroatoms. The van der Waals surface area contributed by atoms with Crippen LogP contribution in [0.1, 0.15) is 18.4 Å². The number of likely N-dealkylation sites (N-methyl/N-ethyl adjacent to an activating group) is 1. The Morgan fingerprint density at radius 1 is 1.31 bits per heavy atom. The molecule has 1 aliphatic rings. The molecule has 134 valence electrons. The van der Waals surface area contributed by atoms with Crippen LogP contribution in [0.4, 0.5) is 17.1 Å². The molecule has 1 unspecified atom stereocenters. The van der Waals surface area contributed by atoms with E-state index in [1.165, 1.54) is 29.9 Å². The summed E-state index contributed by atoms with van der Waals surface area (Å²) in [6.45, 7) is 1.16. The van der Waals surface area contributed by atoms with Crippen molar-refractivity contribution in [3.63, 3.8) is 0 Å². The third kappa shape index (κ3) is 3.15. The highest BCUT2D eigenvalue weighted by atomic mass is 16.6. The molecule has 1 aliphatic heterocycles. The van der Waals surface area contributed by atoms with Crippen molar-refractivity contribution in [2.45, 2.75) is 25.3 Å². The molecule has 2 aromatic carbocycles. The number of hydrogen-bond donors (Lipinski definition) is 2. The van der Waals surface area contributed by atoms with Gasteiger partial charge in [-0.15, -0.1) is 0 Å². The van der Waals surface area contributed by atoms with Gasteiger partial charge in [0.05, 0.1) is 4.92 Å². The minimum absolute atomic E-state index is 0.0782. The maximum Gasteiger partial charge on any atom is 0.292 e. The number of rotatable bonds is 5. The van der Waals surface area contributed by atoms with E-state index >= 15 is 0 Å². The predicted octanol–water partition coefficient (Wildman–Crippen LogP) is 4.46. The lowest BCUT2D eigenvalue weighted by molar-refractivity contribution is -0.383. The van der Waals surface area contributed by atoms with E-state index < -0.39 is 0 Å². The van der Waals surface area contributed by atoms with Crippen LogP contribution in [0.5, 0.6) is 0 Å². The van der Waals surface area contributed by atoms with Crippen molar-refractivity contribution in [3.8, 4) is 0 Å². The van der Waals surface area contributed by atoms with Gasteiger partial charge in [-0.3, -0.25) is 10.1 Å². The molecule has 26 heavy (non-hydrogen) atoms. The van der Waals surface area contributed by atoms with Gasteiger partial charge >= 0.3 is 0 Å². The van der Waals surface area contributed by atoms with Crippen LogP contribution in [0.25, 0.3) is 10.9 Å². The second-order valence-corrected chi connectivity index (χ2v) is 6.95. The Balaban J connectivity index is 1.63. The summed E-state index contributed by atoms with van der Waals surface area (Å²) < 4.78 is 0. The molecule has 0 saturated carbocycles. The first-order valence-corrected chi connectivity index (χ1v) is 8.92. The molecule has 6 nitrogen and oxygen atoms in total. The van der Waals surface area contributed by atoms with Gasteiger partial charge in [-0.25, -0.2) is 0 Å². The normalized spacial score (nSPS) is 17.7. The summed E-state index contributed by atoms with van der Waals surface area (Å²) in [6, 6.07) is 13.3. The molecule has 4 rings (SSSR count). The Hall–Kier alpha value is -2.86. The Bertz CT molecular complexity index is 950. The van der Waals surface area contributed by atoms with E-state index in [0.717, 1.165) is 24.2 Å². The first-order chi connectivity index (χ1) is 12.6. The molecule has 1 atom stereocenters. The molecule has 3 aromatic rings. The zero-order valence-electron chi connectivity index (χ0n) is 14.7. The number of nitrogens with zero attached hydrogens (tertiary/aromatic N) is 2. The first-order valence-electron chi connectivity index (χ1n) is 8.92. The molecule has 1 fully saturated rings. The number of aromatic amines is 1. The number of fused-ring (bicyclic) bond motifs is 1. The Morgan fingerprint density at radius 3 is 2.92 bits per heavy atom. The molecule has 1 saturated heterocycles. The fourth-order valence-electron chi connectivity index (χ4n) is 3.81. The molecule has 1 aromatic heterocycles. The van der Waals surface area contributed by atoms with Gasteiger partial charge in [0.1, 0.15) is 5.69 Å². The third-order valence-electron chi connectivity index (χ3n) is 5.27. The number of anilines is 2. The van der Waals surface area contributed by atoms with Gasteiger partial charge in [0, 0.05) is 34.9 Å². The van der Waals surface area contributed by atoms with E-state index in [0.29, 0.717) is 11.7 Å². The zero-order chi connectivity index (χ0) is 18.1. The molecule has 0 amide bonds. The molecule has 2 N–H and O–H groups in total. The Morgan fingerprint density at radius 2 is 2.15 bits per heavy atom. The zero-order valence-corrected chi connectivity index (χ0v) is 14.7. The Labute approximate surface area is 152 Å². The molecular weight excluding hydrogens is 328 g/mol. The maximum atomic E-state index is 11.2. The molecule has 0 spiro atoms. The predicted molar refractivity (Wildman–Crippen MR) is 104 cm³/mol. The highest BCUT2D eigenvalue weighted by Crippen LogP contribution is 2.30. The van der Waals surface area contributed by atoms with Crippen molar-refractivity contribution in [2.75, 3.05) is 18.9 Å². The molecule has 2 heterocycles. The smallest absolute Gasteiger partial charge is 0.292 e. The van der Waals surface area contributed by atoms with Crippen LogP contribution in [-0.4, -0.2) is 34.4 Å². The average molecular weight is 350 g/mol. The molecule has 0 bridgehead atoms. The number of hydrogen-bond acceptors (Lipinski definition) is 4. The molecule has 0 radical (unpaired) electrons. The SMILES string of the molecule is CN1CCCC1Cc1c[nH]c2ccc(Nc3ccccc3[N+](=O)[O-])cc12. The fourth-order valence-corrected chi connectivity index (χ4v) is 3.81. The van der Waals surface area contributed by atoms with E-state index in [9.17, 15) is 10.1 Å². The van der Waals surface area contributed by atoms with Gasteiger partial charge in [-0.05, 0) is 62.7 Å². The van der Waals surface area contributed by atoms with Crippen molar-refractivity contribution in [1.29, 1.82) is 0 Å². The summed E-state index contributed by atoms with van der Waals surface area (Å²) in [7, 11) is 2.19. The van der Waals surface area contributed by atoms with Crippen LogP contribution in [0, 0.1) is 10.1 Å². The van der Waals surface area contributed by atoms with Gasteiger partial charge in [0.15, 0.2) is 0 Å². The standard InChI is InChI=1S/C20H22N4O2/c1-23-10-4-5-16(23)11-14-13-21-18-9-8-15(12-17(14)18)22-19-6-2-3-7-20(19)24(25)26/h2-3,6-9,12-13,16,21-22H,4-5,10-11H2,1H3. The van der Waals surface area contributed by atoms with Gasteiger partial charge in [0.25, 0.3) is 5.69 Å². The molecule has 0 aliphatic carbocycles. The largest absolute Gasteiger partial charge is 0.361 e. The first kappa shape index (κ1) is 16.6. The summed E-state index contributed by atoms with van der Waals surface area (Å²) >= 11 is 0. The van der Waals surface area contributed by atoms with E-state index in [4.69, 9.17) is 0 Å². The van der Waals surface area contributed by atoms with E-state index in [2.05, 4.69) is 34.5 Å². The van der Waals surface area contributed by atoms with Crippen molar-refractivity contribution in [1.82, 2.24) is 9.88 Å². The van der Waals surface area contributed by atoms with Crippen molar-refractivity contribution >= 4 is 28.0 Å². The van der Waals surface area contributed by atoms with E-state index in [1.807, 2.05) is 12.1 Å². The number of aromatic nitrogens is 1. The third-order valence-corrected chi connectivity index (χ3v) is 5.27. The van der Waals surface area contributed by atoms with Crippen molar-refractivity contribution < 1.29 is 4.92 Å². The number of likely N-dealkylation sites (tertiary alicyclic amines) is 1. The monoisotopic (exact) mass is 350 g/mol. The minimum Gasteiger partial charge on any atom is -0.361 e. The number of nitrogens with one attached hydrogen (secondary N) is 2. The Kier molecular flexibility index (Phi) is 4.34. The van der Waals surface area contributed by atoms with Crippen LogP contribution in [0.3, 0.4) is 0 Å². The summed E-state index contributed by atoms with van der Waals surface area (Å²) in [5, 5.41) is 15.6. The van der Waals surface area contributed by atoms with Gasteiger partial charge in [-0.1, -0.05) is 12.1 Å². The fraction of sp³-hybridized carbons (Fsp3) is 0.300. The highest BCUT2D eigenvalue weighted by Gasteiger charge is 2.22. The second kappa shape index (κ2) is 6.80. The van der Waals surface area contributed by atoms with Gasteiger partial charge in [-0.2, -0.15) is 0 Å². The summed E-state index contributed by atoms with van der Waals surface area (Å²) in [5.41, 5.74) is 3.82. The van der Waals surface area contributed by atoms with Gasteiger partial charge < -0.3 is 15.2 Å². The summed E-state index contributed by atoms with van der Waals surface area (Å²) in [6.07, 6.45) is 5.60. The van der Waals surface area contributed by atoms with Crippen molar-refractivity contribution in [3.05, 3.63) is 64.3 Å². The lowest BCUT2D eigenvalue weighted by Crippen LogP contribution is -2.26. The summed E-state index contributed by atoms with van der Waals surface area (Å²) in [4.78, 5) is 16.6. The molecular formula is C20H22N4O2. The number of H-pyrrole nitrogens is 1. The van der Waals surface area contributed by atoms with Crippen LogP contribution < -0.4 is 5.32 Å². The number of para-hydroxylation sites is 2. The van der Waals surface area contributed by atoms with E-state index in [1.54, 1.807) is 18.2 Å². The van der Waals surface area contributed by atoms with Crippen LogP contribution in [0.15, 0.2) is 48.7 Å². The quantitative estimate of drug-likeness (QED) is 0.526. The van der Waals surface area contributed by atoms with Crippen LogP contribution >= 0.6 is 0 Å². The maximum absolute atomic E-state index is 11.2. The minimum atomic E-state index is -0.363. The highest BCUT2D eigenvalue weighted by molar-refractivity contribution is 5.87. The number of nitro groups is 1. The second-order valence-electron chi connectivity index (χ2n) is 6.95. The van der Waals surface area contributed by atoms with Crippen LogP contribution in [-0.2, 0) is 6.42 Å². The van der Waals surface area contributed by atoms with Crippen LogP contribution in [0.2, 0.25) is 0 Å². The summed E-state index contributed by atoms with van der Waals surface area (Å²) in [5.74, 6) is 0. The van der Waals surface area contributed by atoms with Crippen molar-refractivity contribution in [2.24, 2.45) is 0 Å². The number of nitro benzene ring substituents is 1. The topological polar surface area (TPSA) is 74.2 Å².